The second-order valence-corrected chi connectivity index (χ2v) is 10.5. The molecule has 0 aromatic rings. The number of carboxylic acids is 2. The van der Waals surface area contributed by atoms with Gasteiger partial charge in [-0.05, 0) is 34.1 Å². The zero-order valence-electron chi connectivity index (χ0n) is 18.1. The van der Waals surface area contributed by atoms with E-state index in [4.69, 9.17) is 15.9 Å². The van der Waals surface area contributed by atoms with Gasteiger partial charge in [-0.15, -0.1) is 4.91 Å². The van der Waals surface area contributed by atoms with Gasteiger partial charge in [-0.25, -0.2) is 0 Å². The van der Waals surface area contributed by atoms with Crippen LogP contribution in [-0.2, 0) is 24.0 Å². The number of nitroso groups, excluding NO2 is 1. The van der Waals surface area contributed by atoms with Gasteiger partial charge < -0.3 is 31.9 Å². The van der Waals surface area contributed by atoms with E-state index in [2.05, 4.69) is 33.2 Å². The van der Waals surface area contributed by atoms with E-state index in [1.54, 1.807) is 0 Å². The Labute approximate surface area is 194 Å². The smallest absolute Gasteiger partial charge is 0.322 e. The van der Waals surface area contributed by atoms with Crippen LogP contribution in [0.5, 0.6) is 0 Å². The molecule has 0 aliphatic rings. The van der Waals surface area contributed by atoms with Crippen LogP contribution < -0.4 is 21.7 Å². The number of amides is 3. The van der Waals surface area contributed by atoms with Gasteiger partial charge in [0.15, 0.2) is 0 Å². The molecule has 0 heterocycles. The minimum Gasteiger partial charge on any atom is -0.480 e. The summed E-state index contributed by atoms with van der Waals surface area (Å²) in [4.78, 5) is 70.0. The van der Waals surface area contributed by atoms with Crippen molar-refractivity contribution in [2.24, 2.45) is 10.3 Å². The van der Waals surface area contributed by atoms with E-state index in [9.17, 15) is 28.9 Å². The van der Waals surface area contributed by atoms with Crippen LogP contribution in [0.1, 0.15) is 40.5 Å². The first-order valence-electron chi connectivity index (χ1n) is 9.33. The number of carbonyl (C=O) groups is 5. The maximum Gasteiger partial charge on any atom is 0.322 e. The Bertz CT molecular complexity index is 741. The van der Waals surface area contributed by atoms with Crippen molar-refractivity contribution in [3.8, 4) is 0 Å². The van der Waals surface area contributed by atoms with Crippen LogP contribution in [0.15, 0.2) is 4.58 Å². The van der Waals surface area contributed by atoms with E-state index in [1.807, 2.05) is 0 Å². The van der Waals surface area contributed by atoms with Gasteiger partial charge in [0.05, 0.1) is 4.75 Å². The Morgan fingerprint density at radius 3 is 2.03 bits per heavy atom. The van der Waals surface area contributed by atoms with E-state index in [1.165, 1.54) is 27.7 Å². The van der Waals surface area contributed by atoms with Crippen LogP contribution in [0.4, 0.5) is 0 Å². The van der Waals surface area contributed by atoms with E-state index in [-0.39, 0.29) is 12.8 Å². The zero-order valence-corrected chi connectivity index (χ0v) is 19.8. The first-order valence-corrected chi connectivity index (χ1v) is 10.6. The predicted octanol–water partition coefficient (Wildman–Crippen LogP) is -0.749. The third-order valence-corrected chi connectivity index (χ3v) is 5.24. The Hall–Kier alpha value is -2.39. The SMILES string of the molecule is CC(C)(S)[C@@H](NC(=O)CC[C@H](N)C(=O)O)C(=O)N[C@@H](C(=O)NCC(=O)O)C(C)(C)SN=O. The monoisotopic (exact) mass is 495 g/mol. The molecule has 13 nitrogen and oxygen atoms in total. The second kappa shape index (κ2) is 12.6. The van der Waals surface area contributed by atoms with Crippen molar-refractivity contribution in [1.82, 2.24) is 16.0 Å². The summed E-state index contributed by atoms with van der Waals surface area (Å²) in [5, 5.41) is 24.6. The molecule has 0 aromatic carbocycles. The highest BCUT2D eigenvalue weighted by molar-refractivity contribution is 7.99. The van der Waals surface area contributed by atoms with Gasteiger partial charge in [0.1, 0.15) is 24.7 Å². The fraction of sp³-hybridized carbons (Fsp3) is 0.706. The lowest BCUT2D eigenvalue weighted by atomic mass is 9.98. The van der Waals surface area contributed by atoms with E-state index in [0.29, 0.717) is 11.9 Å². The summed E-state index contributed by atoms with van der Waals surface area (Å²) in [6.45, 7) is 5.21. The van der Waals surface area contributed by atoms with E-state index >= 15 is 0 Å². The minimum absolute atomic E-state index is 0.169. The number of aliphatic carboxylic acids is 2. The van der Waals surface area contributed by atoms with Crippen molar-refractivity contribution in [3.05, 3.63) is 4.91 Å². The molecule has 0 radical (unpaired) electrons. The van der Waals surface area contributed by atoms with Crippen molar-refractivity contribution in [2.75, 3.05) is 6.54 Å². The van der Waals surface area contributed by atoms with Crippen molar-refractivity contribution in [3.63, 3.8) is 0 Å². The molecule has 7 N–H and O–H groups in total. The van der Waals surface area contributed by atoms with Crippen LogP contribution in [0.2, 0.25) is 0 Å². The highest BCUT2D eigenvalue weighted by Gasteiger charge is 2.42. The third-order valence-electron chi connectivity index (χ3n) is 4.20. The topological polar surface area (TPSA) is 217 Å². The number of carboxylic acid groups (broad SMARTS) is 2. The van der Waals surface area contributed by atoms with Gasteiger partial charge in [0, 0.05) is 27.7 Å². The van der Waals surface area contributed by atoms with Crippen molar-refractivity contribution in [2.45, 2.75) is 68.2 Å². The molecule has 3 amide bonds. The largest absolute Gasteiger partial charge is 0.480 e. The lowest BCUT2D eigenvalue weighted by Gasteiger charge is -2.35. The maximum atomic E-state index is 13.0. The number of hydrogen-bond donors (Lipinski definition) is 7. The average molecular weight is 496 g/mol. The lowest BCUT2D eigenvalue weighted by Crippen LogP contribution is -2.63. The van der Waals surface area contributed by atoms with Crippen molar-refractivity contribution >= 4 is 54.2 Å². The number of nitrogens with zero attached hydrogens (tertiary/aromatic N) is 1. The maximum absolute atomic E-state index is 13.0. The predicted molar refractivity (Wildman–Crippen MR) is 120 cm³/mol. The molecule has 0 aliphatic heterocycles. The van der Waals surface area contributed by atoms with Gasteiger partial charge >= 0.3 is 11.9 Å². The van der Waals surface area contributed by atoms with Gasteiger partial charge in [-0.1, -0.05) is 0 Å². The summed E-state index contributed by atoms with van der Waals surface area (Å²) in [7, 11) is 0. The Morgan fingerprint density at radius 1 is 1.03 bits per heavy atom. The number of hydrogen-bond acceptors (Lipinski definition) is 10. The van der Waals surface area contributed by atoms with E-state index < -0.39 is 63.8 Å². The first kappa shape index (κ1) is 29.6. The number of rotatable bonds is 14. The Balaban J connectivity index is 5.59. The molecule has 32 heavy (non-hydrogen) atoms. The average Bonchev–Trinajstić information content (AvgIpc) is 2.64. The molecule has 0 bridgehead atoms. The molecular formula is C17H29N5O8S2. The summed E-state index contributed by atoms with van der Waals surface area (Å²) in [6, 6.07) is -3.93. The summed E-state index contributed by atoms with van der Waals surface area (Å²) in [5.74, 6) is -4.98. The fourth-order valence-electron chi connectivity index (χ4n) is 2.40. The van der Waals surface area contributed by atoms with Crippen LogP contribution in [-0.4, -0.2) is 74.0 Å². The second-order valence-electron chi connectivity index (χ2n) is 7.96. The summed E-state index contributed by atoms with van der Waals surface area (Å²) < 4.78 is 0.282. The van der Waals surface area contributed by atoms with Gasteiger partial charge in [-0.2, -0.15) is 12.6 Å². The molecule has 3 atom stereocenters. The van der Waals surface area contributed by atoms with Gasteiger partial charge in [-0.3, -0.25) is 24.0 Å². The van der Waals surface area contributed by atoms with Crippen molar-refractivity contribution in [1.29, 1.82) is 0 Å². The minimum atomic E-state index is -1.40. The van der Waals surface area contributed by atoms with Crippen LogP contribution in [0, 0.1) is 4.91 Å². The number of nitrogens with two attached hydrogens (primary N) is 1. The molecule has 0 aromatic heterocycles. The molecule has 0 rings (SSSR count). The molecule has 15 heteroatoms. The molecule has 0 aliphatic carbocycles. The highest BCUT2D eigenvalue weighted by Crippen LogP contribution is 2.29. The van der Waals surface area contributed by atoms with Crippen molar-refractivity contribution < 1.29 is 34.2 Å². The lowest BCUT2D eigenvalue weighted by molar-refractivity contribution is -0.139. The highest BCUT2D eigenvalue weighted by atomic mass is 32.2. The van der Waals surface area contributed by atoms with Crippen LogP contribution >= 0.6 is 24.6 Å². The number of thiol groups is 1. The zero-order chi connectivity index (χ0) is 25.3. The van der Waals surface area contributed by atoms with Crippen LogP contribution in [0.25, 0.3) is 0 Å². The molecule has 0 fully saturated rings. The van der Waals surface area contributed by atoms with Gasteiger partial charge in [0.2, 0.25) is 17.7 Å². The summed E-state index contributed by atoms with van der Waals surface area (Å²) >= 11 is 4.78. The molecule has 182 valence electrons. The normalized spacial score (nSPS) is 14.4. The Morgan fingerprint density at radius 2 is 1.59 bits per heavy atom. The summed E-state index contributed by atoms with van der Waals surface area (Å²) in [6.07, 6.45) is -0.447. The summed E-state index contributed by atoms with van der Waals surface area (Å²) in [5.41, 5.74) is 5.37. The third kappa shape index (κ3) is 10.3. The van der Waals surface area contributed by atoms with Crippen LogP contribution in [0.3, 0.4) is 0 Å². The standard InChI is InChI=1S/C17H29N5O8S2/c1-16(2,31)11(20-9(23)6-5-8(18)15(28)29)14(27)21-12(17(3,4)32-22-30)13(26)19-7-10(24)25/h8,11-12,31H,5-7,18H2,1-4H3,(H,19,26)(H,20,23)(H,21,27)(H,24,25)(H,28,29)/t8-,11-,12-/m0/s1. The molecule has 0 saturated carbocycles. The molecule has 0 spiro atoms. The van der Waals surface area contributed by atoms with Gasteiger partial charge in [0.25, 0.3) is 0 Å². The number of nitrogens with one attached hydrogen (secondary N) is 3. The first-order chi connectivity index (χ1) is 14.5. The fourth-order valence-corrected chi connectivity index (χ4v) is 3.05. The molecular weight excluding hydrogens is 466 g/mol. The quantitative estimate of drug-likeness (QED) is 0.0908. The molecule has 0 saturated heterocycles. The number of carbonyl (C=O) groups excluding carboxylic acids is 3. The molecule has 0 unspecified atom stereocenters. The Kier molecular flexibility index (Phi) is 11.7. The van der Waals surface area contributed by atoms with E-state index in [0.717, 1.165) is 0 Å².